The Labute approximate surface area is 106 Å². The maximum atomic E-state index is 11.4. The highest BCUT2D eigenvalue weighted by molar-refractivity contribution is 7.99. The molecule has 1 rings (SSSR count). The van der Waals surface area contributed by atoms with Gasteiger partial charge < -0.3 is 5.32 Å². The number of nitrogens with one attached hydrogen (secondary N) is 2. The van der Waals surface area contributed by atoms with E-state index in [1.54, 1.807) is 16.3 Å². The van der Waals surface area contributed by atoms with Gasteiger partial charge in [-0.1, -0.05) is 32.0 Å². The van der Waals surface area contributed by atoms with E-state index in [2.05, 4.69) is 29.4 Å². The van der Waals surface area contributed by atoms with Crippen molar-refractivity contribution in [3.05, 3.63) is 10.5 Å². The minimum absolute atomic E-state index is 0.125. The summed E-state index contributed by atoms with van der Waals surface area (Å²) >= 11 is 1.63. The van der Waals surface area contributed by atoms with Gasteiger partial charge in [-0.05, 0) is 19.9 Å². The van der Waals surface area contributed by atoms with Crippen LogP contribution in [0.3, 0.4) is 0 Å². The van der Waals surface area contributed by atoms with Crippen molar-refractivity contribution in [1.29, 1.82) is 0 Å². The second-order valence-corrected chi connectivity index (χ2v) is 5.13. The predicted molar refractivity (Wildman–Crippen MR) is 71.5 cm³/mol. The van der Waals surface area contributed by atoms with Crippen LogP contribution in [0.4, 0.5) is 0 Å². The zero-order valence-electron chi connectivity index (χ0n) is 11.0. The van der Waals surface area contributed by atoms with Crippen LogP contribution in [0, 0.1) is 5.92 Å². The van der Waals surface area contributed by atoms with Crippen LogP contribution in [-0.4, -0.2) is 33.6 Å². The molecule has 0 radical (unpaired) electrons. The normalized spacial score (nSPS) is 14.8. The number of rotatable bonds is 7. The molecule has 0 aliphatic rings. The van der Waals surface area contributed by atoms with Gasteiger partial charge in [-0.3, -0.25) is 4.57 Å². The third kappa shape index (κ3) is 3.61. The zero-order chi connectivity index (χ0) is 12.8. The van der Waals surface area contributed by atoms with Crippen molar-refractivity contribution < 1.29 is 0 Å². The van der Waals surface area contributed by atoms with E-state index < -0.39 is 0 Å². The van der Waals surface area contributed by atoms with Crippen LogP contribution in [0.25, 0.3) is 0 Å². The lowest BCUT2D eigenvalue weighted by Gasteiger charge is -2.21. The Morgan fingerprint density at radius 2 is 2.24 bits per heavy atom. The van der Waals surface area contributed by atoms with E-state index in [0.29, 0.717) is 18.5 Å². The van der Waals surface area contributed by atoms with Gasteiger partial charge in [-0.25, -0.2) is 9.89 Å². The number of H-pyrrole nitrogens is 1. The first-order valence-corrected chi connectivity index (χ1v) is 7.07. The molecule has 0 saturated carbocycles. The lowest BCUT2D eigenvalue weighted by atomic mass is 10.0. The summed E-state index contributed by atoms with van der Waals surface area (Å²) in [5, 5.41) is 10.6. The van der Waals surface area contributed by atoms with Crippen molar-refractivity contribution in [1.82, 2.24) is 20.1 Å². The van der Waals surface area contributed by atoms with Gasteiger partial charge in [0.05, 0.1) is 0 Å². The van der Waals surface area contributed by atoms with E-state index >= 15 is 0 Å². The molecule has 17 heavy (non-hydrogen) atoms. The van der Waals surface area contributed by atoms with Gasteiger partial charge in [-0.2, -0.15) is 0 Å². The van der Waals surface area contributed by atoms with E-state index in [9.17, 15) is 4.79 Å². The SMILES string of the molecule is CCC(C)C(CSc1n[nH]c(=O)n1CC)NC. The Morgan fingerprint density at radius 3 is 2.76 bits per heavy atom. The molecule has 1 heterocycles. The first-order chi connectivity index (χ1) is 8.13. The summed E-state index contributed by atoms with van der Waals surface area (Å²) in [7, 11) is 1.98. The average molecular weight is 258 g/mol. The minimum atomic E-state index is -0.125. The topological polar surface area (TPSA) is 62.7 Å². The summed E-state index contributed by atoms with van der Waals surface area (Å²) in [5.41, 5.74) is -0.125. The molecule has 5 nitrogen and oxygen atoms in total. The van der Waals surface area contributed by atoms with Crippen LogP contribution in [0.15, 0.2) is 9.95 Å². The van der Waals surface area contributed by atoms with Gasteiger partial charge in [-0.15, -0.1) is 5.10 Å². The summed E-state index contributed by atoms with van der Waals surface area (Å²) < 4.78 is 1.66. The second kappa shape index (κ2) is 6.86. The molecule has 0 spiro atoms. The predicted octanol–water partition coefficient (Wildman–Crippen LogP) is 1.32. The molecule has 0 saturated heterocycles. The third-order valence-corrected chi connectivity index (χ3v) is 4.23. The molecule has 2 unspecified atom stereocenters. The summed E-state index contributed by atoms with van der Waals surface area (Å²) in [6, 6.07) is 0.446. The number of aromatic amines is 1. The van der Waals surface area contributed by atoms with Crippen molar-refractivity contribution in [3.63, 3.8) is 0 Å². The number of hydrogen-bond donors (Lipinski definition) is 2. The van der Waals surface area contributed by atoms with Gasteiger partial charge in [0, 0.05) is 18.3 Å². The molecule has 0 aliphatic carbocycles. The quantitative estimate of drug-likeness (QED) is 0.724. The lowest BCUT2D eigenvalue weighted by molar-refractivity contribution is 0.420. The fourth-order valence-corrected chi connectivity index (χ4v) is 2.98. The Hall–Kier alpha value is -0.750. The smallest absolute Gasteiger partial charge is 0.316 e. The maximum absolute atomic E-state index is 11.4. The van der Waals surface area contributed by atoms with Gasteiger partial charge in [0.1, 0.15) is 0 Å². The third-order valence-electron chi connectivity index (χ3n) is 3.13. The highest BCUT2D eigenvalue weighted by Crippen LogP contribution is 2.18. The molecule has 1 aromatic rings. The van der Waals surface area contributed by atoms with Gasteiger partial charge in [0.25, 0.3) is 0 Å². The molecule has 0 bridgehead atoms. The molecule has 2 atom stereocenters. The van der Waals surface area contributed by atoms with Crippen molar-refractivity contribution in [2.24, 2.45) is 5.92 Å². The highest BCUT2D eigenvalue weighted by atomic mass is 32.2. The molecule has 0 aromatic carbocycles. The number of nitrogens with zero attached hydrogens (tertiary/aromatic N) is 2. The van der Waals surface area contributed by atoms with Gasteiger partial charge in [0.15, 0.2) is 5.16 Å². The van der Waals surface area contributed by atoms with E-state index in [0.717, 1.165) is 17.3 Å². The van der Waals surface area contributed by atoms with E-state index in [1.807, 2.05) is 14.0 Å². The fraction of sp³-hybridized carbons (Fsp3) is 0.818. The van der Waals surface area contributed by atoms with Gasteiger partial charge >= 0.3 is 5.69 Å². The Balaban J connectivity index is 2.62. The largest absolute Gasteiger partial charge is 0.343 e. The molecule has 0 amide bonds. The first-order valence-electron chi connectivity index (χ1n) is 6.09. The number of aromatic nitrogens is 3. The molecule has 2 N–H and O–H groups in total. The fourth-order valence-electron chi connectivity index (χ4n) is 1.67. The van der Waals surface area contributed by atoms with Gasteiger partial charge in [0.2, 0.25) is 0 Å². The standard InChI is InChI=1S/C11H22N4OS/c1-5-8(3)9(12-4)7-17-11-14-13-10(16)15(11)6-2/h8-9,12H,5-7H2,1-4H3,(H,13,16). The van der Waals surface area contributed by atoms with Crippen LogP contribution in [-0.2, 0) is 6.54 Å². The Kier molecular flexibility index (Phi) is 5.77. The molecule has 98 valence electrons. The second-order valence-electron chi connectivity index (χ2n) is 4.15. The van der Waals surface area contributed by atoms with E-state index in [1.165, 1.54) is 0 Å². The molecule has 0 aliphatic heterocycles. The molecular formula is C11H22N4OS. The monoisotopic (exact) mass is 258 g/mol. The lowest BCUT2D eigenvalue weighted by Crippen LogP contribution is -2.34. The Morgan fingerprint density at radius 1 is 1.53 bits per heavy atom. The summed E-state index contributed by atoms with van der Waals surface area (Å²) in [5.74, 6) is 1.55. The first kappa shape index (κ1) is 14.3. The van der Waals surface area contributed by atoms with Crippen LogP contribution in [0.1, 0.15) is 27.2 Å². The number of thioether (sulfide) groups is 1. The summed E-state index contributed by atoms with van der Waals surface area (Å²) in [6.45, 7) is 7.03. The van der Waals surface area contributed by atoms with Crippen LogP contribution < -0.4 is 11.0 Å². The highest BCUT2D eigenvalue weighted by Gasteiger charge is 2.16. The van der Waals surface area contributed by atoms with Crippen LogP contribution >= 0.6 is 11.8 Å². The average Bonchev–Trinajstić information content (AvgIpc) is 2.70. The molecular weight excluding hydrogens is 236 g/mol. The minimum Gasteiger partial charge on any atom is -0.316 e. The summed E-state index contributed by atoms with van der Waals surface area (Å²) in [6.07, 6.45) is 1.15. The molecule has 6 heteroatoms. The summed E-state index contributed by atoms with van der Waals surface area (Å²) in [4.78, 5) is 11.4. The Bertz CT molecular complexity index is 387. The van der Waals surface area contributed by atoms with Crippen molar-refractivity contribution in [3.8, 4) is 0 Å². The number of hydrogen-bond acceptors (Lipinski definition) is 4. The van der Waals surface area contributed by atoms with E-state index in [-0.39, 0.29) is 5.69 Å². The van der Waals surface area contributed by atoms with Crippen molar-refractivity contribution in [2.45, 2.75) is 44.9 Å². The van der Waals surface area contributed by atoms with Crippen LogP contribution in [0.2, 0.25) is 0 Å². The van der Waals surface area contributed by atoms with E-state index in [4.69, 9.17) is 0 Å². The van der Waals surface area contributed by atoms with Crippen molar-refractivity contribution in [2.75, 3.05) is 12.8 Å². The van der Waals surface area contributed by atoms with Crippen molar-refractivity contribution >= 4 is 11.8 Å². The van der Waals surface area contributed by atoms with Crippen LogP contribution in [0.5, 0.6) is 0 Å². The molecule has 1 aromatic heterocycles. The molecule has 0 fully saturated rings. The maximum Gasteiger partial charge on any atom is 0.343 e. The zero-order valence-corrected chi connectivity index (χ0v) is 11.8.